The summed E-state index contributed by atoms with van der Waals surface area (Å²) in [5, 5.41) is 0.302. The first-order valence-corrected chi connectivity index (χ1v) is 13.1. The third-order valence-corrected chi connectivity index (χ3v) is 4.38. The van der Waals surface area contributed by atoms with Crippen molar-refractivity contribution < 1.29 is 9.59 Å². The lowest BCUT2D eigenvalue weighted by atomic mass is 10.2. The molecule has 4 rings (SSSR count). The Morgan fingerprint density at radius 2 is 1.33 bits per heavy atom. The highest BCUT2D eigenvalue weighted by molar-refractivity contribution is 9.93. The fourth-order valence-corrected chi connectivity index (χ4v) is 3.08. The molecular formula is C19H21Br3N6O2. The Morgan fingerprint density at radius 3 is 1.77 bits per heavy atom. The molecule has 0 spiro atoms. The lowest BCUT2D eigenvalue weighted by Gasteiger charge is -1.97. The van der Waals surface area contributed by atoms with Gasteiger partial charge >= 0.3 is 0 Å². The number of alkyl halides is 1. The summed E-state index contributed by atoms with van der Waals surface area (Å²) >= 11 is 8.65. The van der Waals surface area contributed by atoms with Crippen LogP contribution in [0.15, 0.2) is 36.9 Å². The predicted molar refractivity (Wildman–Crippen MR) is 128 cm³/mol. The van der Waals surface area contributed by atoms with E-state index in [1.807, 2.05) is 13.8 Å². The Bertz CT molecular complexity index is 1160. The standard InChI is InChI=1S/C9H8BrN3O.C9H9N3O.CH4.Br2/c1-6-8(7(14)5-10)13-4-2-3-11-9(13)12-6;1-6-8(7(2)13)12-5-3-4-10-9(12)11-6;;1-2/h2-4H,5H2,1H3;3-5H,1-2H3;1H4;. The molecule has 4 aromatic heterocycles. The smallest absolute Gasteiger partial charge is 0.234 e. The van der Waals surface area contributed by atoms with Crippen LogP contribution in [0.5, 0.6) is 0 Å². The van der Waals surface area contributed by atoms with Crippen LogP contribution in [-0.2, 0) is 0 Å². The SMILES string of the molecule is BrBr.C.CC(=O)c1c(C)nc2ncccn12.Cc1nc2ncccn2c1C(=O)CBr. The number of rotatable bonds is 3. The number of hydrogen-bond donors (Lipinski definition) is 0. The monoisotopic (exact) mass is 602 g/mol. The Balaban J connectivity index is 0.000000270. The molecule has 0 atom stereocenters. The number of halogens is 3. The maximum absolute atomic E-state index is 11.6. The van der Waals surface area contributed by atoms with Crippen molar-refractivity contribution in [3.05, 3.63) is 59.7 Å². The van der Waals surface area contributed by atoms with E-state index in [9.17, 15) is 9.59 Å². The van der Waals surface area contributed by atoms with E-state index in [0.717, 1.165) is 5.69 Å². The average molecular weight is 605 g/mol. The third-order valence-electron chi connectivity index (χ3n) is 3.87. The minimum absolute atomic E-state index is 0. The van der Waals surface area contributed by atoms with Gasteiger partial charge in [0, 0.05) is 60.0 Å². The number of Topliss-reactive ketones (excluding diaryl/α,β-unsaturated/α-hetero) is 2. The molecule has 0 N–H and O–H groups in total. The summed E-state index contributed by atoms with van der Waals surface area (Å²) in [5.74, 6) is 1.17. The molecule has 30 heavy (non-hydrogen) atoms. The largest absolute Gasteiger partial charge is 0.293 e. The van der Waals surface area contributed by atoms with Crippen molar-refractivity contribution in [2.45, 2.75) is 28.2 Å². The van der Waals surface area contributed by atoms with Crippen molar-refractivity contribution in [1.82, 2.24) is 28.7 Å². The van der Waals surface area contributed by atoms with Crippen molar-refractivity contribution in [2.75, 3.05) is 5.33 Å². The molecule has 4 aromatic rings. The summed E-state index contributed by atoms with van der Waals surface area (Å²) in [4.78, 5) is 39.3. The van der Waals surface area contributed by atoms with Crippen LogP contribution in [0.4, 0.5) is 0 Å². The van der Waals surface area contributed by atoms with Crippen molar-refractivity contribution in [3.63, 3.8) is 0 Å². The van der Waals surface area contributed by atoms with Crippen LogP contribution in [0.1, 0.15) is 46.7 Å². The number of aromatic nitrogens is 6. The van der Waals surface area contributed by atoms with Crippen molar-refractivity contribution in [2.24, 2.45) is 0 Å². The molecule has 0 aromatic carbocycles. The van der Waals surface area contributed by atoms with Crippen LogP contribution in [-0.4, -0.2) is 45.6 Å². The topological polar surface area (TPSA) is 94.5 Å². The van der Waals surface area contributed by atoms with Crippen molar-refractivity contribution in [3.8, 4) is 0 Å². The first kappa shape index (κ1) is 26.1. The van der Waals surface area contributed by atoms with Gasteiger partial charge in [-0.15, -0.1) is 0 Å². The molecule has 0 unspecified atom stereocenters. The van der Waals surface area contributed by atoms with Crippen molar-refractivity contribution >= 4 is 67.3 Å². The van der Waals surface area contributed by atoms with E-state index >= 15 is 0 Å². The highest BCUT2D eigenvalue weighted by atomic mass is 80.9. The first-order valence-electron chi connectivity index (χ1n) is 8.27. The fourth-order valence-electron chi connectivity index (χ4n) is 2.82. The van der Waals surface area contributed by atoms with Gasteiger partial charge < -0.3 is 0 Å². The molecule has 4 heterocycles. The van der Waals surface area contributed by atoms with Gasteiger partial charge in [0.1, 0.15) is 11.4 Å². The van der Waals surface area contributed by atoms with Gasteiger partial charge in [-0.25, -0.2) is 19.9 Å². The van der Waals surface area contributed by atoms with Crippen LogP contribution in [0, 0.1) is 13.8 Å². The van der Waals surface area contributed by atoms with Crippen LogP contribution in [0.2, 0.25) is 0 Å². The van der Waals surface area contributed by atoms with Crippen LogP contribution >= 0.6 is 44.2 Å². The fraction of sp³-hybridized carbons (Fsp3) is 0.263. The summed E-state index contributed by atoms with van der Waals surface area (Å²) < 4.78 is 3.41. The minimum Gasteiger partial charge on any atom is -0.293 e. The first-order chi connectivity index (χ1) is 13.9. The quantitative estimate of drug-likeness (QED) is 0.236. The summed E-state index contributed by atoms with van der Waals surface area (Å²) in [5.41, 5.74) is 2.66. The number of carbonyl (C=O) groups is 2. The maximum Gasteiger partial charge on any atom is 0.234 e. The third kappa shape index (κ3) is 5.58. The van der Waals surface area contributed by atoms with Gasteiger partial charge in [-0.1, -0.05) is 23.4 Å². The minimum atomic E-state index is 0. The molecule has 11 heteroatoms. The van der Waals surface area contributed by atoms with E-state index in [4.69, 9.17) is 0 Å². The zero-order valence-electron chi connectivity index (χ0n) is 15.8. The summed E-state index contributed by atoms with van der Waals surface area (Å²) in [6, 6.07) is 3.56. The molecule has 0 aliphatic carbocycles. The average Bonchev–Trinajstić information content (AvgIpc) is 3.24. The highest BCUT2D eigenvalue weighted by Crippen LogP contribution is 2.11. The molecule has 0 bridgehead atoms. The highest BCUT2D eigenvalue weighted by Gasteiger charge is 2.15. The molecular weight excluding hydrogens is 584 g/mol. The molecule has 8 nitrogen and oxygen atoms in total. The van der Waals surface area contributed by atoms with Gasteiger partial charge in [-0.05, 0) is 26.0 Å². The molecule has 0 radical (unpaired) electrons. The zero-order chi connectivity index (χ0) is 21.6. The van der Waals surface area contributed by atoms with Crippen LogP contribution in [0.25, 0.3) is 11.6 Å². The number of aryl methyl sites for hydroxylation is 2. The molecule has 0 fully saturated rings. The van der Waals surface area contributed by atoms with E-state index in [-0.39, 0.29) is 19.0 Å². The molecule has 0 aliphatic rings. The normalized spacial score (nSPS) is 9.80. The second kappa shape index (κ2) is 12.0. The lowest BCUT2D eigenvalue weighted by Crippen LogP contribution is -2.06. The Labute approximate surface area is 198 Å². The van der Waals surface area contributed by atoms with Gasteiger partial charge in [0.2, 0.25) is 11.6 Å². The zero-order valence-corrected chi connectivity index (χ0v) is 20.6. The second-order valence-corrected chi connectivity index (χ2v) is 6.34. The van der Waals surface area contributed by atoms with Crippen molar-refractivity contribution in [1.29, 1.82) is 0 Å². The van der Waals surface area contributed by atoms with Gasteiger partial charge in [-0.2, -0.15) is 0 Å². The van der Waals surface area contributed by atoms with E-state index in [2.05, 4.69) is 64.1 Å². The Hall–Kier alpha value is -1.98. The van der Waals surface area contributed by atoms with Gasteiger partial charge in [-0.3, -0.25) is 18.4 Å². The second-order valence-electron chi connectivity index (χ2n) is 5.78. The molecule has 160 valence electrons. The molecule has 0 saturated carbocycles. The number of hydrogen-bond acceptors (Lipinski definition) is 6. The number of fused-ring (bicyclic) bond motifs is 2. The van der Waals surface area contributed by atoms with E-state index in [0.29, 0.717) is 34.0 Å². The van der Waals surface area contributed by atoms with Crippen LogP contribution < -0.4 is 0 Å². The van der Waals surface area contributed by atoms with E-state index in [1.54, 1.807) is 45.7 Å². The lowest BCUT2D eigenvalue weighted by molar-refractivity contribution is 0.100. The van der Waals surface area contributed by atoms with Gasteiger partial charge in [0.05, 0.1) is 16.7 Å². The number of nitrogens with zero attached hydrogens (tertiary/aromatic N) is 6. The predicted octanol–water partition coefficient (Wildman–Crippen LogP) is 5.18. The van der Waals surface area contributed by atoms with Gasteiger partial charge in [0.15, 0.2) is 11.6 Å². The number of imidazole rings is 2. The Morgan fingerprint density at radius 1 is 0.900 bits per heavy atom. The molecule has 0 saturated heterocycles. The number of carbonyl (C=O) groups excluding carboxylic acids is 2. The molecule has 0 aliphatic heterocycles. The van der Waals surface area contributed by atoms with Gasteiger partial charge in [0.25, 0.3) is 0 Å². The summed E-state index contributed by atoms with van der Waals surface area (Å²) in [6.45, 7) is 5.15. The maximum atomic E-state index is 11.6. The summed E-state index contributed by atoms with van der Waals surface area (Å²) in [6.07, 6.45) is 6.90. The Kier molecular flexibility index (Phi) is 10.4. The summed E-state index contributed by atoms with van der Waals surface area (Å²) in [7, 11) is 0. The van der Waals surface area contributed by atoms with Crippen LogP contribution in [0.3, 0.4) is 0 Å². The van der Waals surface area contributed by atoms with E-state index in [1.165, 1.54) is 6.92 Å². The molecule has 0 amide bonds. The number of ketones is 2. The van der Waals surface area contributed by atoms with E-state index < -0.39 is 0 Å².